The van der Waals surface area contributed by atoms with Gasteiger partial charge in [0.25, 0.3) is 0 Å². The van der Waals surface area contributed by atoms with Gasteiger partial charge in [0, 0.05) is 18.2 Å². The van der Waals surface area contributed by atoms with Crippen LogP contribution in [0.1, 0.15) is 30.2 Å². The Morgan fingerprint density at radius 3 is 2.68 bits per heavy atom. The van der Waals surface area contributed by atoms with E-state index in [-0.39, 0.29) is 26.0 Å². The van der Waals surface area contributed by atoms with E-state index in [4.69, 9.17) is 14.2 Å². The highest BCUT2D eigenvalue weighted by atomic mass is 16.7. The summed E-state index contributed by atoms with van der Waals surface area (Å²) in [7, 11) is 3.75. The van der Waals surface area contributed by atoms with Crippen molar-refractivity contribution in [3.05, 3.63) is 34.9 Å². The highest BCUT2D eigenvalue weighted by Gasteiger charge is 2.36. The highest BCUT2D eigenvalue weighted by molar-refractivity contribution is 5.84. The van der Waals surface area contributed by atoms with Crippen molar-refractivity contribution in [3.8, 4) is 34.1 Å². The summed E-state index contributed by atoms with van der Waals surface area (Å²) in [6.45, 7) is 1.26. The first-order valence-corrected chi connectivity index (χ1v) is 8.23. The van der Waals surface area contributed by atoms with Crippen molar-refractivity contribution in [1.29, 1.82) is 0 Å². The van der Waals surface area contributed by atoms with E-state index in [9.17, 15) is 5.11 Å². The summed E-state index contributed by atoms with van der Waals surface area (Å²) >= 11 is 0. The van der Waals surface area contributed by atoms with Gasteiger partial charge in [0.1, 0.15) is 0 Å². The summed E-state index contributed by atoms with van der Waals surface area (Å²) in [5.41, 5.74) is 5.60. The molecule has 0 radical (unpaired) electrons. The molecule has 0 saturated heterocycles. The Kier molecular flexibility index (Phi) is 3.58. The number of benzene rings is 2. The van der Waals surface area contributed by atoms with Crippen LogP contribution in [0, 0.1) is 0 Å². The molecule has 0 saturated carbocycles. The van der Waals surface area contributed by atoms with Crippen molar-refractivity contribution in [2.45, 2.75) is 26.3 Å². The van der Waals surface area contributed by atoms with Crippen LogP contribution >= 0.6 is 0 Å². The number of aromatic hydroxyl groups is 1. The van der Waals surface area contributed by atoms with E-state index >= 15 is 0 Å². The Morgan fingerprint density at radius 1 is 1.16 bits per heavy atom. The van der Waals surface area contributed by atoms with E-state index in [1.165, 1.54) is 16.7 Å². The molecule has 5 rings (SSSR count). The topological polar surface area (TPSA) is 51.2 Å². The minimum atomic E-state index is 0. The number of nitrogens with zero attached hydrogens (tertiary/aromatic N) is 1. The highest BCUT2D eigenvalue weighted by Crippen LogP contribution is 2.53. The fraction of sp³-hybridized carbons (Fsp3) is 0.400. The second-order valence-electron chi connectivity index (χ2n) is 6.69. The molecule has 2 aromatic rings. The number of phenolic OH excluding ortho intramolecular Hbond substituents is 1. The van der Waals surface area contributed by atoms with E-state index in [1.54, 1.807) is 7.11 Å². The number of rotatable bonds is 1. The molecule has 2 heterocycles. The predicted molar refractivity (Wildman–Crippen MR) is 95.7 cm³/mol. The lowest BCUT2D eigenvalue weighted by Gasteiger charge is -2.40. The average Bonchev–Trinajstić information content (AvgIpc) is 3.04. The molecule has 0 spiro atoms. The van der Waals surface area contributed by atoms with E-state index in [2.05, 4.69) is 18.0 Å². The van der Waals surface area contributed by atoms with Gasteiger partial charge in [-0.15, -0.1) is 0 Å². The van der Waals surface area contributed by atoms with Gasteiger partial charge in [-0.25, -0.2) is 0 Å². The Labute approximate surface area is 147 Å². The van der Waals surface area contributed by atoms with Crippen molar-refractivity contribution in [1.82, 2.24) is 4.90 Å². The van der Waals surface area contributed by atoms with Gasteiger partial charge >= 0.3 is 0 Å². The number of ether oxygens (including phenoxy) is 3. The molecule has 0 fully saturated rings. The van der Waals surface area contributed by atoms with Gasteiger partial charge in [0.05, 0.1) is 7.11 Å². The number of methoxy groups -OCH3 is 1. The summed E-state index contributed by atoms with van der Waals surface area (Å²) in [4.78, 5) is 2.37. The van der Waals surface area contributed by atoms with Gasteiger partial charge < -0.3 is 19.3 Å². The third-order valence-corrected chi connectivity index (χ3v) is 5.49. The molecule has 5 heteroatoms. The molecule has 1 aliphatic carbocycles. The molecule has 2 aromatic carbocycles. The number of fused-ring (bicyclic) bond motifs is 3. The van der Waals surface area contributed by atoms with Crippen LogP contribution in [-0.2, 0) is 12.8 Å². The molecule has 0 aromatic heterocycles. The Hall–Kier alpha value is -2.40. The molecule has 2 aliphatic heterocycles. The van der Waals surface area contributed by atoms with Crippen molar-refractivity contribution < 1.29 is 19.3 Å². The first-order chi connectivity index (χ1) is 11.7. The van der Waals surface area contributed by atoms with Gasteiger partial charge in [-0.1, -0.05) is 7.43 Å². The van der Waals surface area contributed by atoms with Gasteiger partial charge in [-0.3, -0.25) is 4.90 Å². The Bertz CT molecular complexity index is 862. The molecule has 1 unspecified atom stereocenters. The first kappa shape index (κ1) is 16.1. The first-order valence-electron chi connectivity index (χ1n) is 8.23. The van der Waals surface area contributed by atoms with Crippen LogP contribution in [0.15, 0.2) is 18.2 Å². The average molecular weight is 341 g/mol. The maximum atomic E-state index is 10.9. The summed E-state index contributed by atoms with van der Waals surface area (Å²) < 4.78 is 16.5. The standard InChI is InChI=1S/C19H19NO4.CH4/c1-20-4-3-10-6-16(22-2)19(21)18-12-8-15-14(23-9-24-15)7-11(12)5-13(20)17(10)18;/h6-8,13,21H,3-5,9H2,1-2H3;1H4. The van der Waals surface area contributed by atoms with Crippen LogP contribution in [0.25, 0.3) is 11.1 Å². The summed E-state index contributed by atoms with van der Waals surface area (Å²) in [6.07, 6.45) is 1.88. The smallest absolute Gasteiger partial charge is 0.231 e. The third kappa shape index (κ3) is 2.12. The van der Waals surface area contributed by atoms with Crippen LogP contribution in [-0.4, -0.2) is 37.5 Å². The van der Waals surface area contributed by atoms with Crippen LogP contribution in [0.4, 0.5) is 0 Å². The Balaban J connectivity index is 0.00000157. The molecule has 132 valence electrons. The monoisotopic (exact) mass is 341 g/mol. The number of hydrogen-bond acceptors (Lipinski definition) is 5. The molecular formula is C20H23NO4. The maximum absolute atomic E-state index is 10.9. The normalized spacial score (nSPS) is 19.7. The fourth-order valence-electron chi connectivity index (χ4n) is 4.26. The maximum Gasteiger partial charge on any atom is 0.231 e. The second kappa shape index (κ2) is 5.56. The van der Waals surface area contributed by atoms with E-state index in [1.807, 2.05) is 12.1 Å². The SMILES string of the molecule is C.COc1cc2c3c(c1O)-c1cc4c(cc1CC3N(C)CC2)OCO4. The van der Waals surface area contributed by atoms with Gasteiger partial charge in [-0.05, 0) is 60.3 Å². The van der Waals surface area contributed by atoms with Crippen molar-refractivity contribution in [2.75, 3.05) is 27.5 Å². The molecule has 25 heavy (non-hydrogen) atoms. The van der Waals surface area contributed by atoms with E-state index in [0.717, 1.165) is 42.0 Å². The minimum Gasteiger partial charge on any atom is -0.504 e. The third-order valence-electron chi connectivity index (χ3n) is 5.49. The molecule has 1 atom stereocenters. The molecule has 0 amide bonds. The zero-order valence-electron chi connectivity index (χ0n) is 13.8. The molecular weight excluding hydrogens is 318 g/mol. The Morgan fingerprint density at radius 2 is 1.92 bits per heavy atom. The summed E-state index contributed by atoms with van der Waals surface area (Å²) in [6, 6.07) is 6.32. The van der Waals surface area contributed by atoms with Gasteiger partial charge in [-0.2, -0.15) is 0 Å². The zero-order chi connectivity index (χ0) is 16.4. The van der Waals surface area contributed by atoms with Crippen LogP contribution in [0.2, 0.25) is 0 Å². The molecule has 1 N–H and O–H groups in total. The molecule has 0 bridgehead atoms. The van der Waals surface area contributed by atoms with Crippen LogP contribution in [0.5, 0.6) is 23.0 Å². The number of likely N-dealkylation sites (N-methyl/N-ethyl adjacent to an activating group) is 1. The summed E-state index contributed by atoms with van der Waals surface area (Å²) in [5, 5.41) is 10.9. The van der Waals surface area contributed by atoms with Crippen LogP contribution < -0.4 is 14.2 Å². The summed E-state index contributed by atoms with van der Waals surface area (Å²) in [5.74, 6) is 2.29. The van der Waals surface area contributed by atoms with Crippen molar-refractivity contribution >= 4 is 0 Å². The number of phenols is 1. The number of hydrogen-bond donors (Lipinski definition) is 1. The van der Waals surface area contributed by atoms with Gasteiger partial charge in [0.2, 0.25) is 6.79 Å². The van der Waals surface area contributed by atoms with Crippen molar-refractivity contribution in [3.63, 3.8) is 0 Å². The van der Waals surface area contributed by atoms with E-state index < -0.39 is 0 Å². The van der Waals surface area contributed by atoms with E-state index in [0.29, 0.717) is 5.75 Å². The lowest BCUT2D eigenvalue weighted by Crippen LogP contribution is -2.35. The molecule has 5 nitrogen and oxygen atoms in total. The van der Waals surface area contributed by atoms with Crippen molar-refractivity contribution in [2.24, 2.45) is 0 Å². The quantitative estimate of drug-likeness (QED) is 0.860. The minimum absolute atomic E-state index is 0. The molecule has 3 aliphatic rings. The lowest BCUT2D eigenvalue weighted by atomic mass is 9.76. The van der Waals surface area contributed by atoms with Crippen LogP contribution in [0.3, 0.4) is 0 Å². The second-order valence-corrected chi connectivity index (χ2v) is 6.69. The fourth-order valence-corrected chi connectivity index (χ4v) is 4.26. The largest absolute Gasteiger partial charge is 0.504 e. The lowest BCUT2D eigenvalue weighted by molar-refractivity contribution is 0.174. The predicted octanol–water partition coefficient (Wildman–Crippen LogP) is 3.52. The zero-order valence-corrected chi connectivity index (χ0v) is 13.8. The van der Waals surface area contributed by atoms with Gasteiger partial charge in [0.15, 0.2) is 23.0 Å².